The lowest BCUT2D eigenvalue weighted by molar-refractivity contribution is -0.132. The zero-order chi connectivity index (χ0) is 23.0. The Morgan fingerprint density at radius 3 is 2.39 bits per heavy atom. The summed E-state index contributed by atoms with van der Waals surface area (Å²) in [5.41, 5.74) is 7.55. The minimum absolute atomic E-state index is 0.0137. The van der Waals surface area contributed by atoms with Crippen LogP contribution >= 0.6 is 0 Å². The first-order valence-corrected chi connectivity index (χ1v) is 11.9. The number of aromatic nitrogens is 1. The Hall–Kier alpha value is -3.33. The summed E-state index contributed by atoms with van der Waals surface area (Å²) in [6, 6.07) is 25.7. The first-order valence-electron chi connectivity index (χ1n) is 11.9. The van der Waals surface area contributed by atoms with Gasteiger partial charge in [0.15, 0.2) is 0 Å². The number of nitrogens with one attached hydrogen (secondary N) is 1. The first-order chi connectivity index (χ1) is 15.9. The predicted octanol–water partition coefficient (Wildman–Crippen LogP) is 6.57. The molecule has 0 radical (unpaired) electrons. The molecule has 1 aromatic heterocycles. The maximum atomic E-state index is 13.6. The zero-order valence-corrected chi connectivity index (χ0v) is 19.8. The van der Waals surface area contributed by atoms with E-state index in [1.165, 1.54) is 33.2 Å². The number of carbonyl (C=O) groups excluding carboxylic acids is 1. The summed E-state index contributed by atoms with van der Waals surface area (Å²) >= 11 is 0. The second kappa shape index (κ2) is 8.55. The minimum atomic E-state index is 0.0137. The molecule has 1 atom stereocenters. The molecule has 0 spiro atoms. The highest BCUT2D eigenvalue weighted by molar-refractivity contribution is 5.86. The number of hydrogen-bond donors (Lipinski definition) is 1. The van der Waals surface area contributed by atoms with Crippen LogP contribution in [0.5, 0.6) is 0 Å². The molecule has 5 rings (SSSR count). The van der Waals surface area contributed by atoms with Gasteiger partial charge in [-0.3, -0.25) is 4.79 Å². The van der Waals surface area contributed by atoms with Crippen molar-refractivity contribution in [1.82, 2.24) is 9.88 Å². The summed E-state index contributed by atoms with van der Waals surface area (Å²) in [7, 11) is 0. The Bertz CT molecular complexity index is 1280. The van der Waals surface area contributed by atoms with Crippen LogP contribution in [0, 0.1) is 0 Å². The Balaban J connectivity index is 1.47. The molecule has 1 N–H and O–H groups in total. The van der Waals surface area contributed by atoms with Gasteiger partial charge in [0, 0.05) is 42.5 Å². The van der Waals surface area contributed by atoms with Gasteiger partial charge in [0.25, 0.3) is 0 Å². The van der Waals surface area contributed by atoms with E-state index in [0.29, 0.717) is 13.0 Å². The van der Waals surface area contributed by atoms with Crippen LogP contribution in [0.15, 0.2) is 79.0 Å². The van der Waals surface area contributed by atoms with Crippen LogP contribution in [0.25, 0.3) is 10.9 Å². The average molecular weight is 437 g/mol. The van der Waals surface area contributed by atoms with Crippen LogP contribution in [-0.4, -0.2) is 22.3 Å². The lowest BCUT2D eigenvalue weighted by Crippen LogP contribution is -2.36. The van der Waals surface area contributed by atoms with Crippen LogP contribution < -0.4 is 0 Å². The van der Waals surface area contributed by atoms with E-state index in [1.54, 1.807) is 0 Å². The summed E-state index contributed by atoms with van der Waals surface area (Å²) in [6.07, 6.45) is 3.49. The topological polar surface area (TPSA) is 36.1 Å². The Morgan fingerprint density at radius 1 is 0.939 bits per heavy atom. The van der Waals surface area contributed by atoms with E-state index in [-0.39, 0.29) is 17.2 Å². The number of fused-ring (bicyclic) bond motifs is 2. The van der Waals surface area contributed by atoms with Crippen molar-refractivity contribution in [1.29, 1.82) is 0 Å². The third kappa shape index (κ3) is 4.32. The van der Waals surface area contributed by atoms with Gasteiger partial charge in [0.1, 0.15) is 0 Å². The standard InChI is InChI=1S/C30H32N2O/c1-30(2,3)24-14-12-22(13-15-24)26(27-19-31-28-11-7-6-10-25(27)28)18-29(33)32-17-16-21-8-4-5-9-23(21)20-32/h4-15,19,26,31H,16-18,20H2,1-3H3/t26-/m1/s1. The fourth-order valence-electron chi connectivity index (χ4n) is 5.02. The van der Waals surface area contributed by atoms with Crippen molar-refractivity contribution >= 4 is 16.8 Å². The number of aromatic amines is 1. The minimum Gasteiger partial charge on any atom is -0.361 e. The molecule has 4 aromatic rings. The molecule has 0 saturated carbocycles. The lowest BCUT2D eigenvalue weighted by atomic mass is 9.83. The molecule has 0 bridgehead atoms. The van der Waals surface area contributed by atoms with Gasteiger partial charge in [-0.05, 0) is 45.7 Å². The molecule has 0 fully saturated rings. The summed E-state index contributed by atoms with van der Waals surface area (Å²) in [6.45, 7) is 8.20. The third-order valence-electron chi connectivity index (χ3n) is 7.04. The van der Waals surface area contributed by atoms with Crippen LogP contribution in [0.4, 0.5) is 0 Å². The lowest BCUT2D eigenvalue weighted by Gasteiger charge is -2.30. The van der Waals surface area contributed by atoms with Crippen molar-refractivity contribution in [3.8, 4) is 0 Å². The maximum Gasteiger partial charge on any atom is 0.223 e. The Labute approximate surface area is 196 Å². The van der Waals surface area contributed by atoms with Gasteiger partial charge in [-0.25, -0.2) is 0 Å². The molecule has 0 aliphatic carbocycles. The Morgan fingerprint density at radius 2 is 1.64 bits per heavy atom. The van der Waals surface area contributed by atoms with Crippen molar-refractivity contribution in [2.75, 3.05) is 6.54 Å². The normalized spacial score (nSPS) is 14.8. The Kier molecular flexibility index (Phi) is 5.57. The fourth-order valence-corrected chi connectivity index (χ4v) is 5.02. The summed E-state index contributed by atoms with van der Waals surface area (Å²) in [5.74, 6) is 0.236. The smallest absolute Gasteiger partial charge is 0.223 e. The number of nitrogens with zero attached hydrogens (tertiary/aromatic N) is 1. The number of para-hydroxylation sites is 1. The molecule has 3 heteroatoms. The van der Waals surface area contributed by atoms with E-state index in [9.17, 15) is 4.79 Å². The van der Waals surface area contributed by atoms with Gasteiger partial charge in [-0.2, -0.15) is 0 Å². The SMILES string of the molecule is CC(C)(C)c1ccc([C@@H](CC(=O)N2CCc3ccccc3C2)c2c[nH]c3ccccc23)cc1. The van der Waals surface area contributed by atoms with Gasteiger partial charge in [0.05, 0.1) is 0 Å². The monoisotopic (exact) mass is 436 g/mol. The molecule has 33 heavy (non-hydrogen) atoms. The summed E-state index contributed by atoms with van der Waals surface area (Å²) in [4.78, 5) is 19.0. The highest BCUT2D eigenvalue weighted by Crippen LogP contribution is 2.35. The van der Waals surface area contributed by atoms with E-state index >= 15 is 0 Å². The number of carbonyl (C=O) groups is 1. The van der Waals surface area contributed by atoms with Crippen molar-refractivity contribution in [3.63, 3.8) is 0 Å². The highest BCUT2D eigenvalue weighted by Gasteiger charge is 2.27. The molecule has 168 valence electrons. The average Bonchev–Trinajstić information content (AvgIpc) is 3.25. The van der Waals surface area contributed by atoms with E-state index < -0.39 is 0 Å². The van der Waals surface area contributed by atoms with Crippen LogP contribution in [-0.2, 0) is 23.2 Å². The van der Waals surface area contributed by atoms with E-state index in [4.69, 9.17) is 0 Å². The number of amides is 1. The molecular formula is C30H32N2O. The summed E-state index contributed by atoms with van der Waals surface area (Å²) < 4.78 is 0. The zero-order valence-electron chi connectivity index (χ0n) is 19.8. The van der Waals surface area contributed by atoms with Crippen molar-refractivity contribution in [2.45, 2.75) is 51.5 Å². The molecule has 0 unspecified atom stereocenters. The largest absolute Gasteiger partial charge is 0.361 e. The molecule has 0 saturated heterocycles. The molecule has 2 heterocycles. The first kappa shape index (κ1) is 21.5. The number of benzene rings is 3. The van der Waals surface area contributed by atoms with Gasteiger partial charge in [-0.1, -0.05) is 87.5 Å². The maximum absolute atomic E-state index is 13.6. The molecular weight excluding hydrogens is 404 g/mol. The van der Waals surface area contributed by atoms with Gasteiger partial charge in [0.2, 0.25) is 5.91 Å². The van der Waals surface area contributed by atoms with E-state index in [0.717, 1.165) is 18.5 Å². The van der Waals surface area contributed by atoms with E-state index in [2.05, 4.69) is 98.7 Å². The van der Waals surface area contributed by atoms with Crippen molar-refractivity contribution in [2.24, 2.45) is 0 Å². The van der Waals surface area contributed by atoms with E-state index in [1.807, 2.05) is 11.0 Å². The fraction of sp³-hybridized carbons (Fsp3) is 0.300. The second-order valence-electron chi connectivity index (χ2n) is 10.3. The second-order valence-corrected chi connectivity index (χ2v) is 10.3. The number of hydrogen-bond acceptors (Lipinski definition) is 1. The highest BCUT2D eigenvalue weighted by atomic mass is 16.2. The number of rotatable bonds is 4. The molecule has 3 nitrogen and oxygen atoms in total. The third-order valence-corrected chi connectivity index (χ3v) is 7.04. The van der Waals surface area contributed by atoms with Crippen molar-refractivity contribution < 1.29 is 4.79 Å². The molecule has 1 amide bonds. The van der Waals surface area contributed by atoms with Gasteiger partial charge < -0.3 is 9.88 Å². The molecule has 1 aliphatic rings. The van der Waals surface area contributed by atoms with Crippen LogP contribution in [0.2, 0.25) is 0 Å². The number of H-pyrrole nitrogens is 1. The predicted molar refractivity (Wildman–Crippen MR) is 135 cm³/mol. The quantitative estimate of drug-likeness (QED) is 0.386. The molecule has 3 aromatic carbocycles. The molecule has 1 aliphatic heterocycles. The van der Waals surface area contributed by atoms with Gasteiger partial charge >= 0.3 is 0 Å². The van der Waals surface area contributed by atoms with Gasteiger partial charge in [-0.15, -0.1) is 0 Å². The summed E-state index contributed by atoms with van der Waals surface area (Å²) in [5, 5.41) is 1.19. The van der Waals surface area contributed by atoms with Crippen LogP contribution in [0.3, 0.4) is 0 Å². The van der Waals surface area contributed by atoms with Crippen molar-refractivity contribution in [3.05, 3.63) is 107 Å². The van der Waals surface area contributed by atoms with Crippen LogP contribution in [0.1, 0.15) is 60.9 Å².